The van der Waals surface area contributed by atoms with Crippen LogP contribution >= 0.6 is 15.9 Å². The predicted molar refractivity (Wildman–Crippen MR) is 89.6 cm³/mol. The summed E-state index contributed by atoms with van der Waals surface area (Å²) in [6, 6.07) is 0. The van der Waals surface area contributed by atoms with Gasteiger partial charge in [-0.25, -0.2) is 4.98 Å². The highest BCUT2D eigenvalue weighted by Gasteiger charge is 2.31. The Bertz CT molecular complexity index is 449. The van der Waals surface area contributed by atoms with Crippen LogP contribution in [0.2, 0.25) is 0 Å². The van der Waals surface area contributed by atoms with Crippen LogP contribution in [0.3, 0.4) is 0 Å². The van der Waals surface area contributed by atoms with Gasteiger partial charge >= 0.3 is 0 Å². The van der Waals surface area contributed by atoms with Crippen molar-refractivity contribution < 1.29 is 5.11 Å². The van der Waals surface area contributed by atoms with Crippen LogP contribution in [0.4, 0.5) is 11.8 Å². The molecule has 0 radical (unpaired) electrons. The van der Waals surface area contributed by atoms with Gasteiger partial charge in [0.05, 0.1) is 11.1 Å². The molecule has 1 aliphatic carbocycles. The minimum atomic E-state index is -0.000347. The van der Waals surface area contributed by atoms with E-state index < -0.39 is 0 Å². The summed E-state index contributed by atoms with van der Waals surface area (Å²) in [6.45, 7) is 3.97. The van der Waals surface area contributed by atoms with Gasteiger partial charge in [-0.2, -0.15) is 4.98 Å². The Morgan fingerprint density at radius 1 is 1.29 bits per heavy atom. The van der Waals surface area contributed by atoms with E-state index in [4.69, 9.17) is 0 Å². The maximum absolute atomic E-state index is 9.76. The summed E-state index contributed by atoms with van der Waals surface area (Å²) in [5.41, 5.74) is -0.000347. The van der Waals surface area contributed by atoms with E-state index in [9.17, 15) is 5.11 Å². The Hall–Kier alpha value is -0.880. The summed E-state index contributed by atoms with van der Waals surface area (Å²) in [6.07, 6.45) is 8.66. The second kappa shape index (κ2) is 7.94. The molecule has 21 heavy (non-hydrogen) atoms. The van der Waals surface area contributed by atoms with Crippen molar-refractivity contribution in [2.24, 2.45) is 5.41 Å². The van der Waals surface area contributed by atoms with Crippen molar-refractivity contribution in [1.29, 1.82) is 0 Å². The van der Waals surface area contributed by atoms with Crippen molar-refractivity contribution in [2.75, 3.05) is 30.3 Å². The quantitative estimate of drug-likeness (QED) is 0.698. The largest absolute Gasteiger partial charge is 0.396 e. The second-order valence-corrected chi connectivity index (χ2v) is 6.74. The molecule has 1 heterocycles. The Balaban J connectivity index is 2.00. The van der Waals surface area contributed by atoms with Gasteiger partial charge in [0.1, 0.15) is 5.82 Å². The number of anilines is 2. The van der Waals surface area contributed by atoms with Crippen LogP contribution in [0.15, 0.2) is 10.7 Å². The first-order valence-electron chi connectivity index (χ1n) is 7.80. The maximum Gasteiger partial charge on any atom is 0.224 e. The Labute approximate surface area is 135 Å². The fourth-order valence-electron chi connectivity index (χ4n) is 2.78. The standard InChI is InChI=1S/C15H25BrN4O/c1-2-8-17-14-18-9-12(16)13(20-14)19-10-15(11-21)6-4-3-5-7-15/h9,21H,2-8,10-11H2,1H3,(H2,17,18,19,20). The molecule has 0 saturated heterocycles. The molecule has 0 amide bonds. The molecule has 5 nitrogen and oxygen atoms in total. The van der Waals surface area contributed by atoms with Gasteiger partial charge in [0.2, 0.25) is 5.95 Å². The fourth-order valence-corrected chi connectivity index (χ4v) is 3.11. The molecule has 0 unspecified atom stereocenters. The van der Waals surface area contributed by atoms with Gasteiger partial charge in [0, 0.05) is 24.7 Å². The molecule has 1 aromatic rings. The molecule has 1 aromatic heterocycles. The van der Waals surface area contributed by atoms with E-state index in [1.54, 1.807) is 6.20 Å². The smallest absolute Gasteiger partial charge is 0.224 e. The van der Waals surface area contributed by atoms with E-state index in [0.717, 1.165) is 42.6 Å². The number of halogens is 1. The fraction of sp³-hybridized carbons (Fsp3) is 0.733. The van der Waals surface area contributed by atoms with Crippen LogP contribution in [-0.2, 0) is 0 Å². The van der Waals surface area contributed by atoms with Gasteiger partial charge in [-0.1, -0.05) is 26.2 Å². The molecule has 2 rings (SSSR count). The van der Waals surface area contributed by atoms with Crippen molar-refractivity contribution in [1.82, 2.24) is 9.97 Å². The van der Waals surface area contributed by atoms with Gasteiger partial charge in [0.15, 0.2) is 0 Å². The van der Waals surface area contributed by atoms with Crippen molar-refractivity contribution in [3.05, 3.63) is 10.7 Å². The number of hydrogen-bond donors (Lipinski definition) is 3. The summed E-state index contributed by atoms with van der Waals surface area (Å²) in [4.78, 5) is 8.75. The highest BCUT2D eigenvalue weighted by molar-refractivity contribution is 9.10. The molecular weight excluding hydrogens is 332 g/mol. The van der Waals surface area contributed by atoms with Crippen LogP contribution in [0.1, 0.15) is 45.4 Å². The molecular formula is C15H25BrN4O. The maximum atomic E-state index is 9.76. The Morgan fingerprint density at radius 3 is 2.71 bits per heavy atom. The number of aliphatic hydroxyl groups is 1. The molecule has 0 aromatic carbocycles. The SMILES string of the molecule is CCCNc1ncc(Br)c(NCC2(CO)CCCCC2)n1. The van der Waals surface area contributed by atoms with E-state index in [1.807, 2.05) is 0 Å². The molecule has 1 fully saturated rings. The molecule has 0 atom stereocenters. The molecule has 0 bridgehead atoms. The van der Waals surface area contributed by atoms with E-state index in [2.05, 4.69) is 43.5 Å². The zero-order chi connectivity index (χ0) is 15.1. The lowest BCUT2D eigenvalue weighted by molar-refractivity contribution is 0.0943. The van der Waals surface area contributed by atoms with Crippen LogP contribution in [0.5, 0.6) is 0 Å². The lowest BCUT2D eigenvalue weighted by Crippen LogP contribution is -2.35. The first kappa shape index (κ1) is 16.5. The predicted octanol–water partition coefficient (Wildman–Crippen LogP) is 3.42. The third-order valence-corrected chi connectivity index (χ3v) is 4.74. The van der Waals surface area contributed by atoms with E-state index in [1.165, 1.54) is 19.3 Å². The molecule has 3 N–H and O–H groups in total. The molecule has 1 aliphatic rings. The Kier molecular flexibility index (Phi) is 6.23. The van der Waals surface area contributed by atoms with E-state index in [0.29, 0.717) is 5.95 Å². The van der Waals surface area contributed by atoms with E-state index in [-0.39, 0.29) is 12.0 Å². The zero-order valence-corrected chi connectivity index (χ0v) is 14.2. The summed E-state index contributed by atoms with van der Waals surface area (Å²) >= 11 is 3.49. The summed E-state index contributed by atoms with van der Waals surface area (Å²) in [7, 11) is 0. The van der Waals surface area contributed by atoms with Crippen molar-refractivity contribution in [3.63, 3.8) is 0 Å². The second-order valence-electron chi connectivity index (χ2n) is 5.89. The number of aliphatic hydroxyl groups excluding tert-OH is 1. The summed E-state index contributed by atoms with van der Waals surface area (Å²) < 4.78 is 0.855. The highest BCUT2D eigenvalue weighted by atomic mass is 79.9. The van der Waals surface area contributed by atoms with Gasteiger partial charge in [0.25, 0.3) is 0 Å². The normalized spacial score (nSPS) is 17.5. The number of nitrogens with zero attached hydrogens (tertiary/aromatic N) is 2. The zero-order valence-electron chi connectivity index (χ0n) is 12.7. The number of nitrogens with one attached hydrogen (secondary N) is 2. The number of rotatable bonds is 7. The van der Waals surface area contributed by atoms with Crippen LogP contribution in [-0.4, -0.2) is 34.8 Å². The number of hydrogen-bond acceptors (Lipinski definition) is 5. The summed E-state index contributed by atoms with van der Waals surface area (Å²) in [5, 5.41) is 16.3. The minimum absolute atomic E-state index is 0.000347. The van der Waals surface area contributed by atoms with Crippen molar-refractivity contribution in [3.8, 4) is 0 Å². The van der Waals surface area contributed by atoms with Gasteiger partial charge in [-0.15, -0.1) is 0 Å². The minimum Gasteiger partial charge on any atom is -0.396 e. The van der Waals surface area contributed by atoms with Gasteiger partial charge < -0.3 is 15.7 Å². The van der Waals surface area contributed by atoms with Crippen LogP contribution < -0.4 is 10.6 Å². The molecule has 6 heteroatoms. The highest BCUT2D eigenvalue weighted by Crippen LogP contribution is 2.36. The molecule has 0 spiro atoms. The molecule has 0 aliphatic heterocycles. The third kappa shape index (κ3) is 4.54. The van der Waals surface area contributed by atoms with Crippen LogP contribution in [0, 0.1) is 5.41 Å². The average molecular weight is 357 g/mol. The van der Waals surface area contributed by atoms with Crippen molar-refractivity contribution >= 4 is 27.7 Å². The topological polar surface area (TPSA) is 70.1 Å². The lowest BCUT2D eigenvalue weighted by atomic mass is 9.74. The van der Waals surface area contributed by atoms with Crippen LogP contribution in [0.25, 0.3) is 0 Å². The van der Waals surface area contributed by atoms with E-state index >= 15 is 0 Å². The first-order valence-corrected chi connectivity index (χ1v) is 8.59. The monoisotopic (exact) mass is 356 g/mol. The first-order chi connectivity index (χ1) is 10.2. The molecule has 1 saturated carbocycles. The number of aromatic nitrogens is 2. The average Bonchev–Trinajstić information content (AvgIpc) is 2.53. The third-order valence-electron chi connectivity index (χ3n) is 4.16. The lowest BCUT2D eigenvalue weighted by Gasteiger charge is -2.35. The molecule has 118 valence electrons. The van der Waals surface area contributed by atoms with Gasteiger partial charge in [-0.3, -0.25) is 0 Å². The summed E-state index contributed by atoms with van der Waals surface area (Å²) in [5.74, 6) is 1.44. The Morgan fingerprint density at radius 2 is 2.05 bits per heavy atom. The van der Waals surface area contributed by atoms with Gasteiger partial charge in [-0.05, 0) is 35.2 Å². The van der Waals surface area contributed by atoms with Crippen molar-refractivity contribution in [2.45, 2.75) is 45.4 Å².